The molecule has 2 rings (SSSR count). The Balaban J connectivity index is 2.04. The summed E-state index contributed by atoms with van der Waals surface area (Å²) in [4.78, 5) is 24.0. The van der Waals surface area contributed by atoms with Crippen LogP contribution in [0.4, 0.5) is 8.78 Å². The molecule has 1 amide bonds. The predicted octanol–water partition coefficient (Wildman–Crippen LogP) is 1.83. The minimum Gasteiger partial charge on any atom is -0.480 e. The van der Waals surface area contributed by atoms with Gasteiger partial charge in [-0.25, -0.2) is 8.78 Å². The summed E-state index contributed by atoms with van der Waals surface area (Å²) in [6.45, 7) is -0.00784. The molecule has 0 unspecified atom stereocenters. The molecule has 0 spiro atoms. The second kappa shape index (κ2) is 5.98. The van der Waals surface area contributed by atoms with Gasteiger partial charge < -0.3 is 10.0 Å². The Morgan fingerprint density at radius 2 is 2.00 bits per heavy atom. The van der Waals surface area contributed by atoms with E-state index in [9.17, 15) is 18.4 Å². The molecule has 0 saturated heterocycles. The molecule has 1 saturated carbocycles. The second-order valence-corrected chi connectivity index (χ2v) is 5.02. The van der Waals surface area contributed by atoms with Gasteiger partial charge in [0, 0.05) is 12.6 Å². The lowest BCUT2D eigenvalue weighted by Gasteiger charge is -2.20. The van der Waals surface area contributed by atoms with Crippen molar-refractivity contribution in [3.63, 3.8) is 0 Å². The van der Waals surface area contributed by atoms with Crippen LogP contribution in [0.15, 0.2) is 18.2 Å². The monoisotopic (exact) mass is 283 g/mol. The molecule has 1 aromatic carbocycles. The molecule has 4 nitrogen and oxygen atoms in total. The number of hydrogen-bond acceptors (Lipinski definition) is 2. The molecular weight excluding hydrogens is 268 g/mol. The summed E-state index contributed by atoms with van der Waals surface area (Å²) in [5.74, 6) is -2.71. The number of carboxylic acids is 1. The minimum absolute atomic E-state index is 0.0718. The van der Waals surface area contributed by atoms with E-state index in [4.69, 9.17) is 5.11 Å². The minimum atomic E-state index is -1.10. The maximum absolute atomic E-state index is 13.5. The van der Waals surface area contributed by atoms with Crippen molar-refractivity contribution < 1.29 is 23.5 Å². The van der Waals surface area contributed by atoms with Gasteiger partial charge >= 0.3 is 5.97 Å². The van der Waals surface area contributed by atoms with Crippen molar-refractivity contribution in [1.82, 2.24) is 4.90 Å². The highest BCUT2D eigenvalue weighted by atomic mass is 19.1. The number of benzene rings is 1. The number of rotatable bonds is 6. The summed E-state index contributed by atoms with van der Waals surface area (Å²) in [6.07, 6.45) is 1.70. The lowest BCUT2D eigenvalue weighted by molar-refractivity contribution is -0.144. The van der Waals surface area contributed by atoms with Crippen LogP contribution in [0, 0.1) is 17.6 Å². The third-order valence-corrected chi connectivity index (χ3v) is 3.21. The highest BCUT2D eigenvalue weighted by Crippen LogP contribution is 2.29. The quantitative estimate of drug-likeness (QED) is 0.866. The van der Waals surface area contributed by atoms with Crippen LogP contribution in [-0.4, -0.2) is 35.0 Å². The summed E-state index contributed by atoms with van der Waals surface area (Å²) in [6, 6.07) is 3.00. The summed E-state index contributed by atoms with van der Waals surface area (Å²) in [7, 11) is 0. The highest BCUT2D eigenvalue weighted by molar-refractivity contribution is 5.83. The van der Waals surface area contributed by atoms with Crippen LogP contribution >= 0.6 is 0 Å². The summed E-state index contributed by atoms with van der Waals surface area (Å²) in [5.41, 5.74) is 0.0718. The molecule has 1 aliphatic carbocycles. The second-order valence-electron chi connectivity index (χ2n) is 5.02. The molecular formula is C14H15F2NO3. The number of amides is 1. The SMILES string of the molecule is O=C(O)CN(CC1CC1)C(=O)Cc1ccc(F)cc1F. The Bertz CT molecular complexity index is 529. The average Bonchev–Trinajstić information content (AvgIpc) is 3.15. The van der Waals surface area contributed by atoms with E-state index in [1.165, 1.54) is 11.0 Å². The Hall–Kier alpha value is -1.98. The molecule has 0 aliphatic heterocycles. The van der Waals surface area contributed by atoms with Gasteiger partial charge in [-0.15, -0.1) is 0 Å². The fourth-order valence-electron chi connectivity index (χ4n) is 1.97. The largest absolute Gasteiger partial charge is 0.480 e. The number of carboxylic acid groups (broad SMARTS) is 1. The fourth-order valence-corrected chi connectivity index (χ4v) is 1.97. The van der Waals surface area contributed by atoms with Crippen LogP contribution in [0.3, 0.4) is 0 Å². The smallest absolute Gasteiger partial charge is 0.323 e. The Morgan fingerprint density at radius 3 is 2.55 bits per heavy atom. The lowest BCUT2D eigenvalue weighted by atomic mass is 10.1. The van der Waals surface area contributed by atoms with Crippen LogP contribution < -0.4 is 0 Å². The van der Waals surface area contributed by atoms with Crippen LogP contribution in [-0.2, 0) is 16.0 Å². The molecule has 0 heterocycles. The molecule has 0 radical (unpaired) electrons. The Labute approximate surface area is 115 Å². The van der Waals surface area contributed by atoms with Gasteiger partial charge in [0.25, 0.3) is 0 Å². The van der Waals surface area contributed by atoms with E-state index in [1.54, 1.807) is 0 Å². The summed E-state index contributed by atoms with van der Waals surface area (Å²) < 4.78 is 26.3. The molecule has 1 fully saturated rings. The molecule has 0 aromatic heterocycles. The van der Waals surface area contributed by atoms with Crippen LogP contribution in [0.2, 0.25) is 0 Å². The van der Waals surface area contributed by atoms with Crippen molar-refractivity contribution >= 4 is 11.9 Å². The number of hydrogen-bond donors (Lipinski definition) is 1. The molecule has 1 aliphatic rings. The van der Waals surface area contributed by atoms with Crippen molar-refractivity contribution in [3.8, 4) is 0 Å². The van der Waals surface area contributed by atoms with E-state index >= 15 is 0 Å². The van der Waals surface area contributed by atoms with E-state index in [0.29, 0.717) is 18.5 Å². The van der Waals surface area contributed by atoms with Gasteiger partial charge in [0.1, 0.15) is 18.2 Å². The molecule has 108 valence electrons. The predicted molar refractivity (Wildman–Crippen MR) is 67.0 cm³/mol. The van der Waals surface area contributed by atoms with Crippen LogP contribution in [0.1, 0.15) is 18.4 Å². The van der Waals surface area contributed by atoms with Crippen molar-refractivity contribution in [3.05, 3.63) is 35.4 Å². The molecule has 1 aromatic rings. The molecule has 1 N–H and O–H groups in total. The first-order chi connectivity index (χ1) is 9.45. The third-order valence-electron chi connectivity index (χ3n) is 3.21. The number of carbonyl (C=O) groups is 2. The number of aliphatic carboxylic acids is 1. The van der Waals surface area contributed by atoms with Gasteiger partial charge in [-0.2, -0.15) is 0 Å². The third kappa shape index (κ3) is 4.01. The summed E-state index contributed by atoms with van der Waals surface area (Å²) in [5, 5.41) is 8.81. The van der Waals surface area contributed by atoms with E-state index < -0.39 is 30.1 Å². The van der Waals surface area contributed by atoms with E-state index in [-0.39, 0.29) is 12.0 Å². The van der Waals surface area contributed by atoms with Crippen molar-refractivity contribution in [2.45, 2.75) is 19.3 Å². The highest BCUT2D eigenvalue weighted by Gasteiger charge is 2.28. The number of halogens is 2. The van der Waals surface area contributed by atoms with Crippen LogP contribution in [0.25, 0.3) is 0 Å². The van der Waals surface area contributed by atoms with Gasteiger partial charge in [0.05, 0.1) is 6.42 Å². The van der Waals surface area contributed by atoms with Gasteiger partial charge in [0.2, 0.25) is 5.91 Å². The maximum Gasteiger partial charge on any atom is 0.323 e. The Morgan fingerprint density at radius 1 is 1.30 bits per heavy atom. The summed E-state index contributed by atoms with van der Waals surface area (Å²) >= 11 is 0. The lowest BCUT2D eigenvalue weighted by Crippen LogP contribution is -2.38. The zero-order chi connectivity index (χ0) is 14.7. The van der Waals surface area contributed by atoms with Gasteiger partial charge in [-0.3, -0.25) is 9.59 Å². The Kier molecular flexibility index (Phi) is 4.32. The van der Waals surface area contributed by atoms with Crippen molar-refractivity contribution in [1.29, 1.82) is 0 Å². The molecule has 0 atom stereocenters. The molecule has 20 heavy (non-hydrogen) atoms. The first kappa shape index (κ1) is 14.4. The van der Waals surface area contributed by atoms with Gasteiger partial charge in [-0.05, 0) is 30.4 Å². The van der Waals surface area contributed by atoms with Gasteiger partial charge in [-0.1, -0.05) is 6.07 Å². The molecule has 6 heteroatoms. The van der Waals surface area contributed by atoms with E-state index in [0.717, 1.165) is 18.9 Å². The first-order valence-corrected chi connectivity index (χ1v) is 6.39. The number of nitrogens with zero attached hydrogens (tertiary/aromatic N) is 1. The van der Waals surface area contributed by atoms with E-state index in [1.807, 2.05) is 0 Å². The average molecular weight is 283 g/mol. The zero-order valence-corrected chi connectivity index (χ0v) is 10.8. The van der Waals surface area contributed by atoms with E-state index in [2.05, 4.69) is 0 Å². The fraction of sp³-hybridized carbons (Fsp3) is 0.429. The van der Waals surface area contributed by atoms with Crippen molar-refractivity contribution in [2.24, 2.45) is 5.92 Å². The number of carbonyl (C=O) groups excluding carboxylic acids is 1. The van der Waals surface area contributed by atoms with Gasteiger partial charge in [0.15, 0.2) is 0 Å². The molecule has 0 bridgehead atoms. The standard InChI is InChI=1S/C14H15F2NO3/c15-11-4-3-10(12(16)6-11)5-13(18)17(8-14(19)20)7-9-1-2-9/h3-4,6,9H,1-2,5,7-8H2,(H,19,20). The van der Waals surface area contributed by atoms with Crippen LogP contribution in [0.5, 0.6) is 0 Å². The maximum atomic E-state index is 13.5. The topological polar surface area (TPSA) is 57.6 Å². The zero-order valence-electron chi connectivity index (χ0n) is 10.8. The van der Waals surface area contributed by atoms with Crippen molar-refractivity contribution in [2.75, 3.05) is 13.1 Å². The normalized spacial score (nSPS) is 14.1. The first-order valence-electron chi connectivity index (χ1n) is 6.39.